The van der Waals surface area contributed by atoms with Crippen LogP contribution in [0.3, 0.4) is 0 Å². The van der Waals surface area contributed by atoms with E-state index < -0.39 is 6.03 Å². The lowest BCUT2D eigenvalue weighted by atomic mass is 10.5. The van der Waals surface area contributed by atoms with Gasteiger partial charge in [-0.1, -0.05) is 0 Å². The SMILES string of the molecule is CCN1CNC(=O)NC1=O. The lowest BCUT2D eigenvalue weighted by molar-refractivity contribution is 0.179. The minimum absolute atomic E-state index is 0.307. The van der Waals surface area contributed by atoms with E-state index in [1.165, 1.54) is 4.90 Å². The zero-order chi connectivity index (χ0) is 7.56. The Morgan fingerprint density at radius 1 is 1.60 bits per heavy atom. The van der Waals surface area contributed by atoms with Crippen molar-refractivity contribution in [2.45, 2.75) is 6.92 Å². The zero-order valence-corrected chi connectivity index (χ0v) is 5.68. The molecule has 0 aromatic carbocycles. The maximum Gasteiger partial charge on any atom is 0.326 e. The monoisotopic (exact) mass is 143 g/mol. The van der Waals surface area contributed by atoms with Crippen LogP contribution >= 0.6 is 0 Å². The number of nitrogens with zero attached hydrogens (tertiary/aromatic N) is 1. The molecule has 1 aliphatic heterocycles. The molecule has 1 fully saturated rings. The predicted octanol–water partition coefficient (Wildman–Crippen LogP) is -0.301. The molecule has 0 radical (unpaired) electrons. The van der Waals surface area contributed by atoms with Crippen LogP contribution in [0.4, 0.5) is 9.59 Å². The molecule has 0 spiro atoms. The third-order valence-corrected chi connectivity index (χ3v) is 1.32. The Morgan fingerprint density at radius 3 is 2.80 bits per heavy atom. The second kappa shape index (κ2) is 2.55. The van der Waals surface area contributed by atoms with Crippen molar-refractivity contribution >= 4 is 12.1 Å². The van der Waals surface area contributed by atoms with Gasteiger partial charge in [-0.25, -0.2) is 9.59 Å². The van der Waals surface area contributed by atoms with E-state index >= 15 is 0 Å². The fourth-order valence-corrected chi connectivity index (χ4v) is 0.715. The van der Waals surface area contributed by atoms with E-state index in [-0.39, 0.29) is 6.03 Å². The molecule has 1 rings (SSSR count). The van der Waals surface area contributed by atoms with Crippen LogP contribution in [0.25, 0.3) is 0 Å². The summed E-state index contributed by atoms with van der Waals surface area (Å²) in [5.74, 6) is 0. The van der Waals surface area contributed by atoms with Crippen LogP contribution in [0.2, 0.25) is 0 Å². The van der Waals surface area contributed by atoms with Crippen LogP contribution in [0.1, 0.15) is 6.92 Å². The number of amides is 4. The number of urea groups is 2. The maximum atomic E-state index is 10.8. The van der Waals surface area contributed by atoms with Crippen molar-refractivity contribution in [1.82, 2.24) is 15.5 Å². The molecule has 0 atom stereocenters. The Morgan fingerprint density at radius 2 is 2.30 bits per heavy atom. The number of hydrogen-bond acceptors (Lipinski definition) is 2. The van der Waals surface area contributed by atoms with Gasteiger partial charge < -0.3 is 10.2 Å². The van der Waals surface area contributed by atoms with Gasteiger partial charge in [0.2, 0.25) is 0 Å². The summed E-state index contributed by atoms with van der Waals surface area (Å²) in [7, 11) is 0. The molecule has 10 heavy (non-hydrogen) atoms. The van der Waals surface area contributed by atoms with E-state index in [0.29, 0.717) is 13.2 Å². The topological polar surface area (TPSA) is 61.4 Å². The second-order valence-electron chi connectivity index (χ2n) is 1.95. The molecule has 4 amide bonds. The average Bonchev–Trinajstić information content (AvgIpc) is 1.88. The van der Waals surface area contributed by atoms with Gasteiger partial charge in [0.15, 0.2) is 0 Å². The number of nitrogens with one attached hydrogen (secondary N) is 2. The first-order valence-electron chi connectivity index (χ1n) is 3.07. The summed E-state index contributed by atoms with van der Waals surface area (Å²) in [6.07, 6.45) is 0. The summed E-state index contributed by atoms with van der Waals surface area (Å²) < 4.78 is 0. The molecule has 1 heterocycles. The van der Waals surface area contributed by atoms with Crippen molar-refractivity contribution < 1.29 is 9.59 Å². The molecular formula is C5H9N3O2. The van der Waals surface area contributed by atoms with Gasteiger partial charge in [0, 0.05) is 6.54 Å². The van der Waals surface area contributed by atoms with Crippen molar-refractivity contribution in [2.24, 2.45) is 0 Å². The Bertz CT molecular complexity index is 168. The van der Waals surface area contributed by atoms with E-state index in [4.69, 9.17) is 0 Å². The maximum absolute atomic E-state index is 10.8. The minimum Gasteiger partial charge on any atom is -0.320 e. The summed E-state index contributed by atoms with van der Waals surface area (Å²) in [4.78, 5) is 22.7. The zero-order valence-electron chi connectivity index (χ0n) is 5.68. The van der Waals surface area contributed by atoms with Crippen LogP contribution in [0.15, 0.2) is 0 Å². The molecule has 0 aliphatic carbocycles. The highest BCUT2D eigenvalue weighted by Crippen LogP contribution is 1.90. The highest BCUT2D eigenvalue weighted by molar-refractivity contribution is 5.95. The molecule has 1 aliphatic rings. The molecule has 0 unspecified atom stereocenters. The number of carbonyl (C=O) groups excluding carboxylic acids is 2. The fraction of sp³-hybridized carbons (Fsp3) is 0.600. The first kappa shape index (κ1) is 6.85. The summed E-state index contributed by atoms with van der Waals surface area (Å²) in [6, 6.07) is -0.749. The summed E-state index contributed by atoms with van der Waals surface area (Å²) >= 11 is 0. The number of hydrogen-bond donors (Lipinski definition) is 2. The third-order valence-electron chi connectivity index (χ3n) is 1.32. The molecule has 0 bridgehead atoms. The highest BCUT2D eigenvalue weighted by atomic mass is 16.2. The molecule has 2 N–H and O–H groups in total. The van der Waals surface area contributed by atoms with Gasteiger partial charge in [-0.05, 0) is 6.92 Å². The van der Waals surface area contributed by atoms with E-state index in [1.54, 1.807) is 0 Å². The van der Waals surface area contributed by atoms with Crippen molar-refractivity contribution in [3.63, 3.8) is 0 Å². The van der Waals surface area contributed by atoms with Gasteiger partial charge in [0.1, 0.15) is 0 Å². The summed E-state index contributed by atoms with van der Waals surface area (Å²) in [6.45, 7) is 2.75. The van der Waals surface area contributed by atoms with Gasteiger partial charge in [-0.15, -0.1) is 0 Å². The average molecular weight is 143 g/mol. The first-order valence-corrected chi connectivity index (χ1v) is 3.07. The predicted molar refractivity (Wildman–Crippen MR) is 34.3 cm³/mol. The summed E-state index contributed by atoms with van der Waals surface area (Å²) in [5, 5.41) is 4.59. The second-order valence-corrected chi connectivity index (χ2v) is 1.95. The first-order chi connectivity index (χ1) is 4.74. The molecule has 0 saturated carbocycles. The van der Waals surface area contributed by atoms with Crippen molar-refractivity contribution in [1.29, 1.82) is 0 Å². The molecule has 5 nitrogen and oxygen atoms in total. The Hall–Kier alpha value is -1.26. The quantitative estimate of drug-likeness (QED) is 0.529. The normalized spacial score (nSPS) is 18.3. The minimum atomic E-state index is -0.422. The molecule has 5 heteroatoms. The molecule has 56 valence electrons. The van der Waals surface area contributed by atoms with Crippen molar-refractivity contribution in [3.8, 4) is 0 Å². The number of imide groups is 1. The van der Waals surface area contributed by atoms with Gasteiger partial charge in [0.05, 0.1) is 6.67 Å². The highest BCUT2D eigenvalue weighted by Gasteiger charge is 2.19. The molecular weight excluding hydrogens is 134 g/mol. The number of carbonyl (C=O) groups is 2. The number of rotatable bonds is 1. The Kier molecular flexibility index (Phi) is 1.75. The standard InChI is InChI=1S/C5H9N3O2/c1-2-8-3-6-4(9)7-5(8)10/h2-3H2,1H3,(H2,6,7,9,10). The van der Waals surface area contributed by atoms with Gasteiger partial charge in [-0.3, -0.25) is 5.32 Å². The van der Waals surface area contributed by atoms with Crippen LogP contribution in [-0.2, 0) is 0 Å². The third kappa shape index (κ3) is 1.18. The van der Waals surface area contributed by atoms with Gasteiger partial charge in [-0.2, -0.15) is 0 Å². The largest absolute Gasteiger partial charge is 0.326 e. The lowest BCUT2D eigenvalue weighted by Crippen LogP contribution is -2.57. The van der Waals surface area contributed by atoms with Gasteiger partial charge in [0.25, 0.3) is 0 Å². The van der Waals surface area contributed by atoms with Crippen LogP contribution in [0, 0.1) is 0 Å². The van der Waals surface area contributed by atoms with E-state index in [1.807, 2.05) is 6.92 Å². The fourth-order valence-electron chi connectivity index (χ4n) is 0.715. The summed E-state index contributed by atoms with van der Waals surface area (Å²) in [5.41, 5.74) is 0. The molecule has 0 aromatic heterocycles. The van der Waals surface area contributed by atoms with Crippen LogP contribution in [-0.4, -0.2) is 30.2 Å². The van der Waals surface area contributed by atoms with E-state index in [0.717, 1.165) is 0 Å². The molecule has 1 saturated heterocycles. The van der Waals surface area contributed by atoms with Crippen molar-refractivity contribution in [2.75, 3.05) is 13.2 Å². The van der Waals surface area contributed by atoms with Crippen LogP contribution < -0.4 is 10.6 Å². The molecule has 0 aromatic rings. The Balaban J connectivity index is 2.51. The lowest BCUT2D eigenvalue weighted by Gasteiger charge is -2.25. The Labute approximate surface area is 58.4 Å². The smallest absolute Gasteiger partial charge is 0.320 e. The van der Waals surface area contributed by atoms with E-state index in [2.05, 4.69) is 10.6 Å². The van der Waals surface area contributed by atoms with E-state index in [9.17, 15) is 9.59 Å². The van der Waals surface area contributed by atoms with Crippen LogP contribution in [0.5, 0.6) is 0 Å². The van der Waals surface area contributed by atoms with Crippen molar-refractivity contribution in [3.05, 3.63) is 0 Å². The van der Waals surface area contributed by atoms with Gasteiger partial charge >= 0.3 is 12.1 Å².